The Hall–Kier alpha value is -7.80. The normalized spacial score (nSPS) is 22.3. The first-order valence-corrected chi connectivity index (χ1v) is 31.1. The molecule has 1 unspecified atom stereocenters. The van der Waals surface area contributed by atoms with Gasteiger partial charge in [0, 0.05) is 68.2 Å². The van der Waals surface area contributed by atoms with Crippen LogP contribution in [-0.4, -0.2) is 138 Å². The summed E-state index contributed by atoms with van der Waals surface area (Å²) in [6.07, 6.45) is 5.67. The number of benzene rings is 3. The summed E-state index contributed by atoms with van der Waals surface area (Å²) in [4.78, 5) is 159. The number of carbonyl (C=O) groups excluding carboxylic acids is 9. The minimum Gasteiger partial charge on any atom is -0.370 e. The maximum absolute atomic E-state index is 15.1. The average Bonchev–Trinajstić information content (AvgIpc) is 2.88. The lowest BCUT2D eigenvalue weighted by molar-refractivity contribution is -0.146. The van der Waals surface area contributed by atoms with Gasteiger partial charge in [0.05, 0.1) is 22.0 Å². The number of piperidine rings is 1. The van der Waals surface area contributed by atoms with E-state index in [9.17, 15) is 65.9 Å². The third kappa shape index (κ3) is 13.4. The van der Waals surface area contributed by atoms with E-state index in [1.54, 1.807) is 31.0 Å². The fourth-order valence-electron chi connectivity index (χ4n) is 12.1. The van der Waals surface area contributed by atoms with Crippen molar-refractivity contribution in [2.75, 3.05) is 19.3 Å². The predicted molar refractivity (Wildman–Crippen MR) is 300 cm³/mol. The zero-order valence-corrected chi connectivity index (χ0v) is 47.7. The van der Waals surface area contributed by atoms with E-state index in [-0.39, 0.29) is 109 Å². The number of aromatic amines is 1. The van der Waals surface area contributed by atoms with Crippen LogP contribution in [0.2, 0.25) is 0 Å². The molecule has 4 aliphatic rings. The van der Waals surface area contributed by atoms with Crippen molar-refractivity contribution in [2.24, 2.45) is 24.6 Å². The fraction of sp³-hybridized carbons (Fsp3) is 0.464. The molecule has 3 aliphatic heterocycles. The molecule has 27 heteroatoms. The van der Waals surface area contributed by atoms with Crippen molar-refractivity contribution in [1.82, 2.24) is 45.2 Å². The Morgan fingerprint density at radius 1 is 0.843 bits per heavy atom. The molecule has 6 atom stereocenters. The topological polar surface area (TPSA) is 369 Å². The summed E-state index contributed by atoms with van der Waals surface area (Å²) in [5.74, 6) is -4.44. The lowest BCUT2D eigenvalue weighted by Crippen LogP contribution is -2.62. The monoisotopic (exact) mass is 1180 g/mol. The second kappa shape index (κ2) is 24.2. The Labute approximate surface area is 476 Å². The number of nitrogens with zero attached hydrogens (tertiary/aromatic N) is 4. The van der Waals surface area contributed by atoms with Crippen LogP contribution in [0, 0.1) is 11.8 Å². The summed E-state index contributed by atoms with van der Waals surface area (Å²) in [5.41, 5.74) is 6.48. The third-order valence-electron chi connectivity index (χ3n) is 16.6. The Morgan fingerprint density at radius 3 is 2.23 bits per heavy atom. The molecule has 0 radical (unpaired) electrons. The van der Waals surface area contributed by atoms with Gasteiger partial charge in [0.2, 0.25) is 41.4 Å². The van der Waals surface area contributed by atoms with Gasteiger partial charge in [-0.15, -0.1) is 0 Å². The smallest absolute Gasteiger partial charge is 0.370 e. The standard InChI is InChI=1S/C56H67N10O15PS/c1-30(34-9-13-38(14-10-34)83(3,80)81)58-50(70)40(16-20-47(57)67)60-52(72)44-18-12-37-22-23-64(29-42(54(74)65(37)44)61-51(71)41-28-36-27-35(11-15-39(36)59-41)55(75)82(77,78)79)49(69)26-32-6-4-31(5-7-32)24-33-8-17-43-46(25-33)63(2)56(76)66(43)45-19-21-48(68)62-53(45)73/h8-11,13-15,17,25,27-28,30-32,37,40,42,44-45,59H,4-7,12,16,18-24,26,29H2,1-3H3,(H2,57,67)(H,58,70)(H,60,72)(H,61,71)(H,62,68,73)(H2,77,78,79)/t30-,31-,32+,37-,40+,42+,44+,45?/m1/s1. The molecule has 3 aromatic carbocycles. The van der Waals surface area contributed by atoms with E-state index in [1.807, 2.05) is 18.2 Å². The molecule has 1 aliphatic carbocycles. The number of primary amides is 1. The highest BCUT2D eigenvalue weighted by Gasteiger charge is 2.46. The van der Waals surface area contributed by atoms with Gasteiger partial charge in [-0.05, 0) is 143 Å². The number of aromatic nitrogens is 3. The lowest BCUT2D eigenvalue weighted by Gasteiger charge is -2.39. The van der Waals surface area contributed by atoms with E-state index in [4.69, 9.17) is 5.73 Å². The molecule has 1 saturated carbocycles. The third-order valence-corrected chi connectivity index (χ3v) is 18.6. The first-order chi connectivity index (χ1) is 39.2. The number of imidazole rings is 1. The number of imide groups is 1. The molecule has 2 aromatic heterocycles. The molecule has 0 spiro atoms. The number of carbonyl (C=O) groups is 9. The van der Waals surface area contributed by atoms with Crippen LogP contribution >= 0.6 is 7.60 Å². The van der Waals surface area contributed by atoms with Crippen LogP contribution in [0.25, 0.3) is 21.9 Å². The molecule has 4 fully saturated rings. The summed E-state index contributed by atoms with van der Waals surface area (Å²) < 4.78 is 38.8. The number of nitrogens with one attached hydrogen (secondary N) is 5. The molecule has 25 nitrogen and oxygen atoms in total. The number of rotatable bonds is 18. The number of fused-ring (bicyclic) bond motifs is 3. The van der Waals surface area contributed by atoms with Gasteiger partial charge in [0.25, 0.3) is 11.4 Å². The van der Waals surface area contributed by atoms with E-state index < -0.39 is 94.7 Å². The van der Waals surface area contributed by atoms with Gasteiger partial charge in [-0.2, -0.15) is 0 Å². The number of nitrogens with two attached hydrogens (primary N) is 1. The Bertz CT molecular complexity index is 3670. The van der Waals surface area contributed by atoms with E-state index in [0.29, 0.717) is 28.5 Å². The maximum Gasteiger partial charge on any atom is 0.396 e. The van der Waals surface area contributed by atoms with Gasteiger partial charge in [-0.3, -0.25) is 62.2 Å². The highest BCUT2D eigenvalue weighted by Crippen LogP contribution is 2.40. The highest BCUT2D eigenvalue weighted by atomic mass is 32.2. The number of sulfone groups is 1. The van der Waals surface area contributed by atoms with Crippen LogP contribution in [-0.2, 0) is 61.4 Å². The molecule has 442 valence electrons. The molecule has 83 heavy (non-hydrogen) atoms. The summed E-state index contributed by atoms with van der Waals surface area (Å²) in [5, 5.41) is 10.9. The number of H-pyrrole nitrogens is 1. The van der Waals surface area contributed by atoms with Crippen LogP contribution in [0.5, 0.6) is 0 Å². The van der Waals surface area contributed by atoms with Gasteiger partial charge in [-0.25, -0.2) is 13.2 Å². The van der Waals surface area contributed by atoms with Gasteiger partial charge >= 0.3 is 13.3 Å². The second-order valence-corrected chi connectivity index (χ2v) is 25.9. The zero-order chi connectivity index (χ0) is 59.8. The molecule has 9 rings (SSSR count). The fourth-order valence-corrected chi connectivity index (χ4v) is 13.2. The molecular formula is C56H67N10O15PS. The van der Waals surface area contributed by atoms with Crippen molar-refractivity contribution >= 4 is 92.2 Å². The van der Waals surface area contributed by atoms with Gasteiger partial charge in [-0.1, -0.05) is 18.2 Å². The van der Waals surface area contributed by atoms with Gasteiger partial charge in [0.15, 0.2) is 9.84 Å². The average molecular weight is 1180 g/mol. The first-order valence-electron chi connectivity index (χ1n) is 27.6. The minimum absolute atomic E-state index is 0.00617. The number of hydrogen-bond donors (Lipinski definition) is 8. The van der Waals surface area contributed by atoms with Crippen molar-refractivity contribution in [2.45, 2.75) is 132 Å². The summed E-state index contributed by atoms with van der Waals surface area (Å²) in [7, 11) is -6.99. The van der Waals surface area contributed by atoms with E-state index >= 15 is 4.79 Å². The molecule has 5 heterocycles. The number of hydrogen-bond acceptors (Lipinski definition) is 13. The van der Waals surface area contributed by atoms with Crippen LogP contribution in [0.3, 0.4) is 0 Å². The second-order valence-electron chi connectivity index (χ2n) is 22.4. The quantitative estimate of drug-likeness (QED) is 0.0461. The molecular weight excluding hydrogens is 1120 g/mol. The van der Waals surface area contributed by atoms with Crippen molar-refractivity contribution in [3.8, 4) is 0 Å². The van der Waals surface area contributed by atoms with Crippen molar-refractivity contribution in [1.29, 1.82) is 0 Å². The first kappa shape index (κ1) is 59.8. The van der Waals surface area contributed by atoms with E-state index in [1.165, 1.54) is 50.4 Å². The molecule has 0 bridgehead atoms. The van der Waals surface area contributed by atoms with Gasteiger partial charge < -0.3 is 46.3 Å². The summed E-state index contributed by atoms with van der Waals surface area (Å²) in [6.45, 7) is 1.54. The molecule has 3 saturated heterocycles. The van der Waals surface area contributed by atoms with Crippen LogP contribution in [0.1, 0.15) is 128 Å². The van der Waals surface area contributed by atoms with Crippen LogP contribution in [0.15, 0.2) is 76.4 Å². The Morgan fingerprint density at radius 2 is 1.55 bits per heavy atom. The molecule has 9 N–H and O–H groups in total. The predicted octanol–water partition coefficient (Wildman–Crippen LogP) is 2.28. The Balaban J connectivity index is 0.895. The van der Waals surface area contributed by atoms with Crippen molar-refractivity contribution in [3.63, 3.8) is 0 Å². The maximum atomic E-state index is 15.1. The minimum atomic E-state index is -5.14. The van der Waals surface area contributed by atoms with E-state index in [0.717, 1.165) is 43.9 Å². The van der Waals surface area contributed by atoms with Crippen LogP contribution < -0.4 is 32.7 Å². The SMILES string of the molecule is C[C@@H](NC(=O)[C@H](CCC(N)=O)NC(=O)[C@@H]1CC[C@@H]2CCN(C(=O)C[C@H]3CC[C@@H](Cc4ccc5c(c4)n(C)c(=O)n5C4CCC(=O)NC4=O)CC3)C[C@H](NC(=O)c3cc4cc(C(=O)P(=O)(O)O)ccc4[nH]3)C(=O)N21)c1ccc(S(C)(=O)=O)cc1. The number of amides is 8. The molecule has 8 amide bonds. The summed E-state index contributed by atoms with van der Waals surface area (Å²) in [6, 6.07) is 10.8. The van der Waals surface area contributed by atoms with Crippen molar-refractivity contribution in [3.05, 3.63) is 99.6 Å². The van der Waals surface area contributed by atoms with Crippen LogP contribution in [0.4, 0.5) is 0 Å². The highest BCUT2D eigenvalue weighted by molar-refractivity contribution is 7.90. The largest absolute Gasteiger partial charge is 0.396 e. The van der Waals surface area contributed by atoms with Gasteiger partial charge in [0.1, 0.15) is 29.9 Å². The number of aryl methyl sites for hydroxylation is 1. The lowest BCUT2D eigenvalue weighted by atomic mass is 9.78. The summed E-state index contributed by atoms with van der Waals surface area (Å²) >= 11 is 0. The molecule has 5 aromatic rings. The Kier molecular flexibility index (Phi) is 17.4. The zero-order valence-electron chi connectivity index (χ0n) is 46.0. The van der Waals surface area contributed by atoms with E-state index in [2.05, 4.69) is 26.3 Å². The van der Waals surface area contributed by atoms with Crippen molar-refractivity contribution < 1.29 is 65.9 Å².